The van der Waals surface area contributed by atoms with Crippen molar-refractivity contribution < 1.29 is 13.2 Å². The number of Topliss-reactive ketones (excluding diaryl/α,β-unsaturated/α-hetero) is 1. The van der Waals surface area contributed by atoms with Gasteiger partial charge in [-0.25, -0.2) is 8.42 Å². The highest BCUT2D eigenvalue weighted by Gasteiger charge is 2.21. The third-order valence-corrected chi connectivity index (χ3v) is 7.21. The topological polar surface area (TPSA) is 66.5 Å². The van der Waals surface area contributed by atoms with Crippen molar-refractivity contribution in [2.45, 2.75) is 53.0 Å². The molecule has 6 heteroatoms. The van der Waals surface area contributed by atoms with Gasteiger partial charge in [0, 0.05) is 30.9 Å². The molecule has 0 saturated heterocycles. The van der Waals surface area contributed by atoms with E-state index in [1.807, 2.05) is 40.7 Å². The summed E-state index contributed by atoms with van der Waals surface area (Å²) in [6.07, 6.45) is 0. The van der Waals surface area contributed by atoms with Crippen LogP contribution in [0.25, 0.3) is 0 Å². The molecule has 0 radical (unpaired) electrons. The molecule has 2 aromatic carbocycles. The first kappa shape index (κ1) is 22.1. The summed E-state index contributed by atoms with van der Waals surface area (Å²) < 4.78 is 26.6. The predicted octanol–water partition coefficient (Wildman–Crippen LogP) is 4.46. The Morgan fingerprint density at radius 1 is 1.00 bits per heavy atom. The minimum Gasteiger partial charge on any atom is -0.381 e. The van der Waals surface area contributed by atoms with E-state index in [0.29, 0.717) is 24.5 Å². The number of anilines is 1. The lowest BCUT2D eigenvalue weighted by molar-refractivity contribution is 0.101. The number of rotatable bonds is 8. The quantitative estimate of drug-likeness (QED) is 0.662. The summed E-state index contributed by atoms with van der Waals surface area (Å²) in [5, 5.41) is 3.34. The second kappa shape index (κ2) is 8.88. The van der Waals surface area contributed by atoms with Gasteiger partial charge in [-0.15, -0.1) is 0 Å². The maximum absolute atomic E-state index is 12.6. The molecule has 2 aromatic rings. The first-order valence-electron chi connectivity index (χ1n) is 9.58. The maximum Gasteiger partial charge on any atom is 0.243 e. The van der Waals surface area contributed by atoms with Crippen LogP contribution in [0.3, 0.4) is 0 Å². The average Bonchev–Trinajstić information content (AvgIpc) is 2.62. The molecule has 28 heavy (non-hydrogen) atoms. The van der Waals surface area contributed by atoms with Gasteiger partial charge in [0.25, 0.3) is 0 Å². The van der Waals surface area contributed by atoms with Gasteiger partial charge in [-0.1, -0.05) is 19.9 Å². The number of carbonyl (C=O) groups excluding carboxylic acids is 1. The molecule has 0 aliphatic rings. The van der Waals surface area contributed by atoms with Crippen LogP contribution >= 0.6 is 0 Å². The fourth-order valence-electron chi connectivity index (χ4n) is 3.69. The Morgan fingerprint density at radius 2 is 1.57 bits per heavy atom. The van der Waals surface area contributed by atoms with Gasteiger partial charge in [0.05, 0.1) is 4.90 Å². The average molecular weight is 403 g/mol. The summed E-state index contributed by atoms with van der Waals surface area (Å²) in [6, 6.07) is 8.86. The van der Waals surface area contributed by atoms with E-state index >= 15 is 0 Å². The molecular formula is C22H30N2O3S. The number of hydrogen-bond acceptors (Lipinski definition) is 4. The summed E-state index contributed by atoms with van der Waals surface area (Å²) >= 11 is 0. The van der Waals surface area contributed by atoms with E-state index in [4.69, 9.17) is 0 Å². The molecule has 0 unspecified atom stereocenters. The number of hydrogen-bond donors (Lipinski definition) is 1. The van der Waals surface area contributed by atoms with Crippen LogP contribution in [0, 0.1) is 20.8 Å². The molecule has 0 aromatic heterocycles. The molecule has 0 aliphatic heterocycles. The Morgan fingerprint density at radius 3 is 2.07 bits per heavy atom. The molecule has 0 saturated carbocycles. The zero-order valence-corrected chi connectivity index (χ0v) is 18.4. The van der Waals surface area contributed by atoms with Crippen LogP contribution in [-0.2, 0) is 16.6 Å². The number of carbonyl (C=O) groups is 1. The molecule has 0 atom stereocenters. The van der Waals surface area contributed by atoms with Crippen molar-refractivity contribution in [3.8, 4) is 0 Å². The fraction of sp³-hybridized carbons (Fsp3) is 0.409. The molecule has 0 bridgehead atoms. The van der Waals surface area contributed by atoms with E-state index in [1.165, 1.54) is 4.31 Å². The molecule has 0 aliphatic carbocycles. The third kappa shape index (κ3) is 4.45. The molecular weight excluding hydrogens is 372 g/mol. The van der Waals surface area contributed by atoms with E-state index in [9.17, 15) is 13.2 Å². The van der Waals surface area contributed by atoms with Crippen LogP contribution in [0.15, 0.2) is 35.2 Å². The van der Waals surface area contributed by atoms with Crippen LogP contribution in [0.4, 0.5) is 5.69 Å². The van der Waals surface area contributed by atoms with E-state index in [2.05, 4.69) is 5.32 Å². The number of nitrogens with one attached hydrogen (secondary N) is 1. The summed E-state index contributed by atoms with van der Waals surface area (Å²) in [5.41, 5.74) is 5.84. The Balaban J connectivity index is 2.23. The van der Waals surface area contributed by atoms with Gasteiger partial charge in [-0.05, 0) is 74.2 Å². The highest BCUT2D eigenvalue weighted by Crippen LogP contribution is 2.24. The lowest BCUT2D eigenvalue weighted by Crippen LogP contribution is -2.30. The van der Waals surface area contributed by atoms with Crippen molar-refractivity contribution in [2.24, 2.45) is 0 Å². The monoisotopic (exact) mass is 402 g/mol. The smallest absolute Gasteiger partial charge is 0.243 e. The largest absolute Gasteiger partial charge is 0.381 e. The van der Waals surface area contributed by atoms with Crippen LogP contribution in [0.5, 0.6) is 0 Å². The molecule has 0 fully saturated rings. The van der Waals surface area contributed by atoms with E-state index < -0.39 is 10.0 Å². The van der Waals surface area contributed by atoms with Crippen molar-refractivity contribution in [3.05, 3.63) is 58.1 Å². The first-order chi connectivity index (χ1) is 13.1. The minimum atomic E-state index is -3.45. The minimum absolute atomic E-state index is 0.0715. The third-order valence-electron chi connectivity index (χ3n) is 5.15. The maximum atomic E-state index is 12.6. The van der Waals surface area contributed by atoms with Gasteiger partial charge in [-0.3, -0.25) is 4.79 Å². The van der Waals surface area contributed by atoms with E-state index in [-0.39, 0.29) is 5.78 Å². The van der Waals surface area contributed by atoms with Crippen LogP contribution in [0.2, 0.25) is 0 Å². The number of aryl methyl sites for hydroxylation is 2. The number of nitrogens with zero attached hydrogens (tertiary/aromatic N) is 1. The second-order valence-corrected chi connectivity index (χ2v) is 8.95. The van der Waals surface area contributed by atoms with Gasteiger partial charge in [0.15, 0.2) is 5.78 Å². The lowest BCUT2D eigenvalue weighted by Gasteiger charge is -2.19. The van der Waals surface area contributed by atoms with Gasteiger partial charge < -0.3 is 5.32 Å². The van der Waals surface area contributed by atoms with Crippen molar-refractivity contribution in [1.29, 1.82) is 0 Å². The molecule has 152 valence electrons. The Labute approximate surface area is 168 Å². The normalized spacial score (nSPS) is 11.7. The van der Waals surface area contributed by atoms with E-state index in [1.54, 1.807) is 31.2 Å². The Kier molecular flexibility index (Phi) is 7.01. The summed E-state index contributed by atoms with van der Waals surface area (Å²) in [6.45, 7) is 12.7. The highest BCUT2D eigenvalue weighted by molar-refractivity contribution is 7.89. The number of ketones is 1. The fourth-order valence-corrected chi connectivity index (χ4v) is 5.15. The molecule has 5 nitrogen and oxygen atoms in total. The van der Waals surface area contributed by atoms with Crippen molar-refractivity contribution in [1.82, 2.24) is 4.31 Å². The highest BCUT2D eigenvalue weighted by atomic mass is 32.2. The summed E-state index contributed by atoms with van der Waals surface area (Å²) in [7, 11) is -3.45. The number of sulfonamides is 1. The predicted molar refractivity (Wildman–Crippen MR) is 115 cm³/mol. The zero-order valence-electron chi connectivity index (χ0n) is 17.6. The van der Waals surface area contributed by atoms with Gasteiger partial charge in [0.2, 0.25) is 10.0 Å². The molecule has 2 rings (SSSR count). The first-order valence-corrected chi connectivity index (χ1v) is 11.0. The van der Waals surface area contributed by atoms with Crippen LogP contribution < -0.4 is 5.32 Å². The zero-order chi connectivity index (χ0) is 21.1. The lowest BCUT2D eigenvalue weighted by atomic mass is 9.91. The summed E-state index contributed by atoms with van der Waals surface area (Å²) in [4.78, 5) is 12.3. The van der Waals surface area contributed by atoms with Crippen LogP contribution in [-0.4, -0.2) is 31.6 Å². The van der Waals surface area contributed by atoms with E-state index in [0.717, 1.165) is 33.5 Å². The summed E-state index contributed by atoms with van der Waals surface area (Å²) in [5.74, 6) is 0.0715. The van der Waals surface area contributed by atoms with Gasteiger partial charge in [-0.2, -0.15) is 4.31 Å². The van der Waals surface area contributed by atoms with Crippen LogP contribution in [0.1, 0.15) is 53.4 Å². The number of benzene rings is 2. The molecule has 0 amide bonds. The Hall–Kier alpha value is -2.18. The Bertz CT molecular complexity index is 960. The van der Waals surface area contributed by atoms with Crippen molar-refractivity contribution in [2.75, 3.05) is 18.4 Å². The molecule has 1 N–H and O–H groups in total. The SMILES string of the molecule is CCN(CC)S(=O)(=O)c1ccc(NCc2c(C)cc(C)c(C(C)=O)c2C)cc1. The second-order valence-electron chi connectivity index (χ2n) is 7.01. The van der Waals surface area contributed by atoms with Crippen molar-refractivity contribution >= 4 is 21.5 Å². The standard InChI is InChI=1S/C22H30N2O3S/c1-7-24(8-2)28(26,27)20-11-9-19(10-12-20)23-14-21-15(3)13-16(4)22(17(21)5)18(6)25/h9-13,23H,7-8,14H2,1-6H3. The van der Waals surface area contributed by atoms with Crippen molar-refractivity contribution in [3.63, 3.8) is 0 Å². The molecule has 0 spiro atoms. The van der Waals surface area contributed by atoms with Gasteiger partial charge in [0.1, 0.15) is 0 Å². The molecule has 0 heterocycles. The van der Waals surface area contributed by atoms with Gasteiger partial charge >= 0.3 is 0 Å².